The Bertz CT molecular complexity index is 574. The molecular formula is C15H20FN3O3. The third-order valence-corrected chi connectivity index (χ3v) is 3.85. The molecule has 2 rings (SSSR count). The quantitative estimate of drug-likeness (QED) is 0.575. The first-order valence-corrected chi connectivity index (χ1v) is 7.08. The van der Waals surface area contributed by atoms with E-state index in [1.807, 2.05) is 13.8 Å². The Morgan fingerprint density at radius 3 is 2.36 bits per heavy atom. The SMILES string of the molecule is CCOC(=O)C1(NC(=O)NNc2ccc(F)cc2)CC1(C)C. The molecule has 1 atom stereocenters. The number of hydrogen-bond acceptors (Lipinski definition) is 4. The number of nitrogens with one attached hydrogen (secondary N) is 3. The van der Waals surface area contributed by atoms with Crippen LogP contribution in [0.4, 0.5) is 14.9 Å². The fourth-order valence-corrected chi connectivity index (χ4v) is 2.37. The number of benzene rings is 1. The van der Waals surface area contributed by atoms with Crippen molar-refractivity contribution in [2.75, 3.05) is 12.0 Å². The van der Waals surface area contributed by atoms with Crippen molar-refractivity contribution in [3.05, 3.63) is 30.1 Å². The van der Waals surface area contributed by atoms with Crippen LogP contribution < -0.4 is 16.2 Å². The van der Waals surface area contributed by atoms with Crippen LogP contribution in [0.15, 0.2) is 24.3 Å². The lowest BCUT2D eigenvalue weighted by Crippen LogP contribution is -2.52. The first-order chi connectivity index (χ1) is 10.3. The molecule has 0 bridgehead atoms. The summed E-state index contributed by atoms with van der Waals surface area (Å²) in [5.41, 5.74) is 4.23. The number of hydrogen-bond donors (Lipinski definition) is 3. The summed E-state index contributed by atoms with van der Waals surface area (Å²) in [6, 6.07) is 4.95. The van der Waals surface area contributed by atoms with Crippen molar-refractivity contribution in [3.63, 3.8) is 0 Å². The van der Waals surface area contributed by atoms with E-state index in [-0.39, 0.29) is 17.8 Å². The molecule has 0 aromatic heterocycles. The van der Waals surface area contributed by atoms with Crippen LogP contribution in [-0.2, 0) is 9.53 Å². The Balaban J connectivity index is 1.93. The Morgan fingerprint density at radius 1 is 1.27 bits per heavy atom. The molecule has 0 aliphatic heterocycles. The summed E-state index contributed by atoms with van der Waals surface area (Å²) >= 11 is 0. The van der Waals surface area contributed by atoms with Crippen LogP contribution in [0.3, 0.4) is 0 Å². The largest absolute Gasteiger partial charge is 0.464 e. The van der Waals surface area contributed by atoms with E-state index in [1.54, 1.807) is 6.92 Å². The van der Waals surface area contributed by atoms with Crippen molar-refractivity contribution in [2.45, 2.75) is 32.7 Å². The van der Waals surface area contributed by atoms with E-state index < -0.39 is 17.5 Å². The normalized spacial score (nSPS) is 21.6. The molecule has 7 heteroatoms. The average Bonchev–Trinajstić information content (AvgIpc) is 3.01. The Kier molecular flexibility index (Phi) is 4.25. The predicted molar refractivity (Wildman–Crippen MR) is 79.5 cm³/mol. The number of urea groups is 1. The van der Waals surface area contributed by atoms with Gasteiger partial charge in [0.2, 0.25) is 0 Å². The molecule has 0 heterocycles. The van der Waals surface area contributed by atoms with Crippen molar-refractivity contribution >= 4 is 17.7 Å². The van der Waals surface area contributed by atoms with Crippen molar-refractivity contribution in [1.82, 2.24) is 10.7 Å². The molecule has 120 valence electrons. The minimum atomic E-state index is -1.00. The number of carbonyl (C=O) groups excluding carboxylic acids is 2. The van der Waals surface area contributed by atoms with Gasteiger partial charge in [-0.2, -0.15) is 0 Å². The van der Waals surface area contributed by atoms with Crippen LogP contribution in [0.2, 0.25) is 0 Å². The number of esters is 1. The van der Waals surface area contributed by atoms with Crippen molar-refractivity contribution in [3.8, 4) is 0 Å². The summed E-state index contributed by atoms with van der Waals surface area (Å²) in [6.07, 6.45) is 0.517. The van der Waals surface area contributed by atoms with Gasteiger partial charge in [0.15, 0.2) is 0 Å². The highest BCUT2D eigenvalue weighted by atomic mass is 19.1. The van der Waals surface area contributed by atoms with E-state index in [2.05, 4.69) is 16.2 Å². The number of hydrazine groups is 1. The summed E-state index contributed by atoms with van der Waals surface area (Å²) in [5.74, 6) is -0.798. The Hall–Kier alpha value is -2.31. The maximum absolute atomic E-state index is 12.8. The minimum absolute atomic E-state index is 0.258. The molecule has 0 radical (unpaired) electrons. The summed E-state index contributed by atoms with van der Waals surface area (Å²) in [6.45, 7) is 5.75. The van der Waals surface area contributed by atoms with Gasteiger partial charge in [0.1, 0.15) is 11.4 Å². The minimum Gasteiger partial charge on any atom is -0.464 e. The molecule has 2 amide bonds. The van der Waals surface area contributed by atoms with Crippen molar-refractivity contribution in [1.29, 1.82) is 0 Å². The highest BCUT2D eigenvalue weighted by Gasteiger charge is 2.68. The molecule has 6 nitrogen and oxygen atoms in total. The van der Waals surface area contributed by atoms with Gasteiger partial charge in [-0.15, -0.1) is 0 Å². The Labute approximate surface area is 128 Å². The fraction of sp³-hybridized carbons (Fsp3) is 0.467. The third kappa shape index (κ3) is 3.13. The lowest BCUT2D eigenvalue weighted by molar-refractivity contribution is -0.147. The van der Waals surface area contributed by atoms with Crippen LogP contribution in [-0.4, -0.2) is 24.1 Å². The molecule has 1 aromatic carbocycles. The third-order valence-electron chi connectivity index (χ3n) is 3.85. The molecule has 22 heavy (non-hydrogen) atoms. The van der Waals surface area contributed by atoms with E-state index in [0.29, 0.717) is 12.1 Å². The summed E-state index contributed by atoms with van der Waals surface area (Å²) < 4.78 is 17.8. The number of ether oxygens (including phenoxy) is 1. The van der Waals surface area contributed by atoms with Crippen LogP contribution in [0.1, 0.15) is 27.2 Å². The fourth-order valence-electron chi connectivity index (χ4n) is 2.37. The second-order valence-electron chi connectivity index (χ2n) is 5.90. The van der Waals surface area contributed by atoms with Gasteiger partial charge in [-0.3, -0.25) is 10.9 Å². The van der Waals surface area contributed by atoms with Crippen LogP contribution in [0.25, 0.3) is 0 Å². The van der Waals surface area contributed by atoms with Crippen molar-refractivity contribution < 1.29 is 18.7 Å². The summed E-state index contributed by atoms with van der Waals surface area (Å²) in [4.78, 5) is 24.0. The van der Waals surface area contributed by atoms with Crippen LogP contribution in [0, 0.1) is 11.2 Å². The molecule has 0 spiro atoms. The number of rotatable bonds is 5. The number of amides is 2. The second-order valence-corrected chi connectivity index (χ2v) is 5.90. The molecule has 1 unspecified atom stereocenters. The van der Waals surface area contributed by atoms with Crippen molar-refractivity contribution in [2.24, 2.45) is 5.41 Å². The molecule has 3 N–H and O–H groups in total. The van der Waals surface area contributed by atoms with Gasteiger partial charge in [0, 0.05) is 5.41 Å². The number of carbonyl (C=O) groups is 2. The molecule has 1 aromatic rings. The number of anilines is 1. The highest BCUT2D eigenvalue weighted by Crippen LogP contribution is 2.56. The molecule has 1 aliphatic rings. The smallest absolute Gasteiger partial charge is 0.334 e. The second kappa shape index (κ2) is 5.82. The van der Waals surface area contributed by atoms with Crippen LogP contribution >= 0.6 is 0 Å². The number of halogens is 1. The topological polar surface area (TPSA) is 79.5 Å². The first-order valence-electron chi connectivity index (χ1n) is 7.08. The van der Waals surface area contributed by atoms with E-state index in [0.717, 1.165) is 0 Å². The standard InChI is InChI=1S/C15H20FN3O3/c1-4-22-12(20)15(9-14(15,2)3)17-13(21)19-18-11-7-5-10(16)6-8-11/h5-8,18H,4,9H2,1-3H3,(H2,17,19,21). The van der Waals surface area contributed by atoms with E-state index in [9.17, 15) is 14.0 Å². The van der Waals surface area contributed by atoms with E-state index in [1.165, 1.54) is 24.3 Å². The zero-order valence-corrected chi connectivity index (χ0v) is 12.8. The molecular weight excluding hydrogens is 289 g/mol. The average molecular weight is 309 g/mol. The molecule has 1 aliphatic carbocycles. The monoisotopic (exact) mass is 309 g/mol. The van der Waals surface area contributed by atoms with Gasteiger partial charge in [-0.1, -0.05) is 13.8 Å². The van der Waals surface area contributed by atoms with Gasteiger partial charge >= 0.3 is 12.0 Å². The zero-order valence-electron chi connectivity index (χ0n) is 12.8. The molecule has 1 fully saturated rings. The predicted octanol–water partition coefficient (Wildman–Crippen LogP) is 2.18. The van der Waals surface area contributed by atoms with Gasteiger partial charge in [0.05, 0.1) is 12.3 Å². The summed E-state index contributed by atoms with van der Waals surface area (Å²) in [7, 11) is 0. The zero-order chi connectivity index (χ0) is 16.4. The maximum Gasteiger partial charge on any atom is 0.334 e. The molecule has 1 saturated carbocycles. The van der Waals surface area contributed by atoms with E-state index in [4.69, 9.17) is 4.74 Å². The van der Waals surface area contributed by atoms with Gasteiger partial charge < -0.3 is 10.1 Å². The summed E-state index contributed by atoms with van der Waals surface area (Å²) in [5, 5.41) is 2.66. The lowest BCUT2D eigenvalue weighted by Gasteiger charge is -2.21. The van der Waals surface area contributed by atoms with Gasteiger partial charge in [0.25, 0.3) is 0 Å². The lowest BCUT2D eigenvalue weighted by atomic mass is 10.1. The van der Waals surface area contributed by atoms with Gasteiger partial charge in [-0.25, -0.2) is 14.0 Å². The maximum atomic E-state index is 12.8. The first kappa shape index (κ1) is 16.1. The Morgan fingerprint density at radius 2 is 1.86 bits per heavy atom. The van der Waals surface area contributed by atoms with E-state index >= 15 is 0 Å². The molecule has 0 saturated heterocycles. The highest BCUT2D eigenvalue weighted by molar-refractivity contribution is 5.92. The van der Waals surface area contributed by atoms with Crippen LogP contribution in [0.5, 0.6) is 0 Å². The van der Waals surface area contributed by atoms with Gasteiger partial charge in [-0.05, 0) is 37.6 Å².